The lowest BCUT2D eigenvalue weighted by atomic mass is 10.1. The summed E-state index contributed by atoms with van der Waals surface area (Å²) in [6.07, 6.45) is 1.52. The maximum Gasteiger partial charge on any atom is 0.336 e. The van der Waals surface area contributed by atoms with Crippen molar-refractivity contribution in [2.45, 2.75) is 19.9 Å². The summed E-state index contributed by atoms with van der Waals surface area (Å²) in [5, 5.41) is 23.1. The Morgan fingerprint density at radius 2 is 2.19 bits per heavy atom. The number of nitrogens with one attached hydrogen (secondary N) is 1. The van der Waals surface area contributed by atoms with Gasteiger partial charge in [0.05, 0.1) is 22.8 Å². The first kappa shape index (κ1) is 14.6. The zero-order valence-electron chi connectivity index (χ0n) is 11.5. The van der Waals surface area contributed by atoms with Crippen LogP contribution in [-0.2, 0) is 0 Å². The van der Waals surface area contributed by atoms with E-state index in [1.165, 1.54) is 12.3 Å². The maximum absolute atomic E-state index is 11.1. The van der Waals surface area contributed by atoms with E-state index in [1.54, 1.807) is 19.1 Å². The number of hydrogen-bond acceptors (Lipinski definition) is 5. The van der Waals surface area contributed by atoms with Gasteiger partial charge in [-0.05, 0) is 32.0 Å². The molecule has 1 unspecified atom stereocenters. The zero-order valence-corrected chi connectivity index (χ0v) is 11.5. The molecule has 1 aromatic carbocycles. The predicted octanol–water partition coefficient (Wildman–Crippen LogP) is 3.37. The molecule has 0 amide bonds. The number of nitro benzene ring substituents is 1. The van der Waals surface area contributed by atoms with E-state index in [4.69, 9.17) is 9.52 Å². The van der Waals surface area contributed by atoms with Crippen molar-refractivity contribution in [2.75, 3.05) is 5.32 Å². The fraction of sp³-hybridized carbons (Fsp3) is 0.214. The summed E-state index contributed by atoms with van der Waals surface area (Å²) in [7, 11) is 0. The average molecular weight is 290 g/mol. The second kappa shape index (κ2) is 5.66. The number of aromatic carboxylic acids is 1. The summed E-state index contributed by atoms with van der Waals surface area (Å²) in [5.74, 6) is -0.565. The van der Waals surface area contributed by atoms with Gasteiger partial charge in [-0.1, -0.05) is 0 Å². The van der Waals surface area contributed by atoms with E-state index in [2.05, 4.69) is 5.32 Å². The van der Waals surface area contributed by atoms with Crippen LogP contribution < -0.4 is 5.32 Å². The fourth-order valence-electron chi connectivity index (χ4n) is 2.00. The van der Waals surface area contributed by atoms with Gasteiger partial charge in [0.15, 0.2) is 0 Å². The topological polar surface area (TPSA) is 106 Å². The number of furan rings is 1. The molecule has 110 valence electrons. The minimum Gasteiger partial charge on any atom is -0.478 e. The molecular formula is C14H14N2O5. The summed E-state index contributed by atoms with van der Waals surface area (Å²) in [6, 6.07) is 5.69. The molecule has 0 aliphatic heterocycles. The van der Waals surface area contributed by atoms with E-state index >= 15 is 0 Å². The van der Waals surface area contributed by atoms with Crippen LogP contribution in [0, 0.1) is 17.0 Å². The molecule has 2 rings (SSSR count). The molecule has 7 heteroatoms. The Kier molecular flexibility index (Phi) is 3.93. The highest BCUT2D eigenvalue weighted by Gasteiger charge is 2.20. The largest absolute Gasteiger partial charge is 0.478 e. The van der Waals surface area contributed by atoms with Crippen LogP contribution >= 0.6 is 0 Å². The SMILES string of the molecule is Cc1c(NC(C)c2ccco2)cc(C(=O)O)cc1[N+](=O)[O-]. The van der Waals surface area contributed by atoms with Gasteiger partial charge in [-0.3, -0.25) is 10.1 Å². The molecule has 21 heavy (non-hydrogen) atoms. The highest BCUT2D eigenvalue weighted by atomic mass is 16.6. The first-order chi connectivity index (χ1) is 9.90. The first-order valence-electron chi connectivity index (χ1n) is 6.22. The van der Waals surface area contributed by atoms with Gasteiger partial charge in [0, 0.05) is 17.3 Å². The van der Waals surface area contributed by atoms with Crippen molar-refractivity contribution in [3.63, 3.8) is 0 Å². The number of nitro groups is 1. The minimum atomic E-state index is -1.22. The Bertz CT molecular complexity index is 679. The van der Waals surface area contributed by atoms with E-state index in [0.717, 1.165) is 6.07 Å². The van der Waals surface area contributed by atoms with Crippen LogP contribution in [0.3, 0.4) is 0 Å². The summed E-state index contributed by atoms with van der Waals surface area (Å²) >= 11 is 0. The molecule has 1 heterocycles. The Morgan fingerprint density at radius 1 is 1.48 bits per heavy atom. The normalized spacial score (nSPS) is 11.9. The summed E-state index contributed by atoms with van der Waals surface area (Å²) in [6.45, 7) is 3.39. The standard InChI is InChI=1S/C14H14N2O5/c1-8-11(15-9(2)13-4-3-5-21-13)6-10(14(17)18)7-12(8)16(19)20/h3-7,9,15H,1-2H3,(H,17,18). The van der Waals surface area contributed by atoms with Gasteiger partial charge < -0.3 is 14.8 Å². The van der Waals surface area contributed by atoms with Crippen LogP contribution in [0.5, 0.6) is 0 Å². The van der Waals surface area contributed by atoms with Crippen molar-refractivity contribution < 1.29 is 19.2 Å². The molecule has 0 aliphatic rings. The third-order valence-corrected chi connectivity index (χ3v) is 3.17. The fourth-order valence-corrected chi connectivity index (χ4v) is 2.00. The number of hydrogen-bond donors (Lipinski definition) is 2. The molecule has 0 spiro atoms. The third-order valence-electron chi connectivity index (χ3n) is 3.17. The number of carbonyl (C=O) groups is 1. The number of nitrogens with zero attached hydrogens (tertiary/aromatic N) is 1. The Labute approximate surface area is 120 Å². The second-order valence-corrected chi connectivity index (χ2v) is 4.61. The maximum atomic E-state index is 11.1. The zero-order chi connectivity index (χ0) is 15.6. The molecule has 0 aliphatic carbocycles. The molecule has 2 N–H and O–H groups in total. The summed E-state index contributed by atoms with van der Waals surface area (Å²) in [4.78, 5) is 21.5. The highest BCUT2D eigenvalue weighted by molar-refractivity contribution is 5.90. The molecule has 0 fully saturated rings. The van der Waals surface area contributed by atoms with Crippen LogP contribution in [0.15, 0.2) is 34.9 Å². The molecule has 0 radical (unpaired) electrons. The monoisotopic (exact) mass is 290 g/mol. The highest BCUT2D eigenvalue weighted by Crippen LogP contribution is 2.30. The number of carboxylic acid groups (broad SMARTS) is 1. The second-order valence-electron chi connectivity index (χ2n) is 4.61. The molecular weight excluding hydrogens is 276 g/mol. The van der Waals surface area contributed by atoms with Crippen molar-refractivity contribution in [3.05, 3.63) is 57.5 Å². The molecule has 1 aromatic heterocycles. The first-order valence-corrected chi connectivity index (χ1v) is 6.22. The Balaban J connectivity index is 2.42. The van der Waals surface area contributed by atoms with Gasteiger partial charge in [0.2, 0.25) is 0 Å². The molecule has 0 saturated carbocycles. The molecule has 1 atom stereocenters. The predicted molar refractivity (Wildman–Crippen MR) is 75.5 cm³/mol. The van der Waals surface area contributed by atoms with Gasteiger partial charge in [-0.2, -0.15) is 0 Å². The summed E-state index contributed by atoms with van der Waals surface area (Å²) < 4.78 is 5.25. The van der Waals surface area contributed by atoms with Crippen molar-refractivity contribution in [1.82, 2.24) is 0 Å². The van der Waals surface area contributed by atoms with E-state index in [1.807, 2.05) is 6.92 Å². The quantitative estimate of drug-likeness (QED) is 0.646. The van der Waals surface area contributed by atoms with E-state index in [-0.39, 0.29) is 17.3 Å². The van der Waals surface area contributed by atoms with Crippen molar-refractivity contribution in [2.24, 2.45) is 0 Å². The van der Waals surface area contributed by atoms with Crippen LogP contribution in [0.25, 0.3) is 0 Å². The lowest BCUT2D eigenvalue weighted by molar-refractivity contribution is -0.385. The molecule has 0 saturated heterocycles. The summed E-state index contributed by atoms with van der Waals surface area (Å²) in [5.41, 5.74) is 0.402. The van der Waals surface area contributed by atoms with Gasteiger partial charge in [0.1, 0.15) is 5.76 Å². The Hall–Kier alpha value is -2.83. The van der Waals surface area contributed by atoms with Gasteiger partial charge in [-0.15, -0.1) is 0 Å². The van der Waals surface area contributed by atoms with Crippen LogP contribution in [-0.4, -0.2) is 16.0 Å². The number of benzene rings is 1. The minimum absolute atomic E-state index is 0.138. The third kappa shape index (κ3) is 3.02. The van der Waals surface area contributed by atoms with Crippen molar-refractivity contribution in [3.8, 4) is 0 Å². The van der Waals surface area contributed by atoms with Crippen LogP contribution in [0.4, 0.5) is 11.4 Å². The lowest BCUT2D eigenvalue weighted by Crippen LogP contribution is -2.09. The van der Waals surface area contributed by atoms with Gasteiger partial charge in [-0.25, -0.2) is 4.79 Å². The molecule has 2 aromatic rings. The van der Waals surface area contributed by atoms with E-state index in [9.17, 15) is 14.9 Å². The smallest absolute Gasteiger partial charge is 0.336 e. The molecule has 0 bridgehead atoms. The lowest BCUT2D eigenvalue weighted by Gasteiger charge is -2.15. The van der Waals surface area contributed by atoms with Crippen molar-refractivity contribution in [1.29, 1.82) is 0 Å². The van der Waals surface area contributed by atoms with Gasteiger partial charge >= 0.3 is 5.97 Å². The van der Waals surface area contributed by atoms with Crippen LogP contribution in [0.2, 0.25) is 0 Å². The number of carboxylic acids is 1. The molecule has 7 nitrogen and oxygen atoms in total. The van der Waals surface area contributed by atoms with Crippen LogP contribution in [0.1, 0.15) is 34.6 Å². The van der Waals surface area contributed by atoms with Gasteiger partial charge in [0.25, 0.3) is 5.69 Å². The number of anilines is 1. The van der Waals surface area contributed by atoms with E-state index < -0.39 is 10.9 Å². The van der Waals surface area contributed by atoms with Crippen molar-refractivity contribution >= 4 is 17.3 Å². The Morgan fingerprint density at radius 3 is 2.71 bits per heavy atom. The van der Waals surface area contributed by atoms with E-state index in [0.29, 0.717) is 17.0 Å². The number of rotatable bonds is 5. The average Bonchev–Trinajstić information content (AvgIpc) is 2.94.